The minimum Gasteiger partial charge on any atom is -0.426 e. The average molecular weight is 478 g/mol. The fourth-order valence-corrected chi connectivity index (χ4v) is 3.74. The second-order valence-electron chi connectivity index (χ2n) is 7.97. The maximum atomic E-state index is 14.6. The van der Waals surface area contributed by atoms with E-state index in [1.165, 1.54) is 6.07 Å². The number of benzene rings is 1. The summed E-state index contributed by atoms with van der Waals surface area (Å²) in [4.78, 5) is 16.8. The number of amides is 1. The Balaban J connectivity index is 1.57. The van der Waals surface area contributed by atoms with E-state index in [0.29, 0.717) is 30.4 Å². The van der Waals surface area contributed by atoms with Gasteiger partial charge in [0.15, 0.2) is 0 Å². The molecule has 0 unspecified atom stereocenters. The van der Waals surface area contributed by atoms with E-state index in [-0.39, 0.29) is 19.0 Å². The summed E-state index contributed by atoms with van der Waals surface area (Å²) in [6.45, 7) is 1.66. The number of aromatic nitrogens is 1. The predicted octanol–water partition coefficient (Wildman–Crippen LogP) is 6.08. The number of pyridine rings is 1. The second kappa shape index (κ2) is 9.56. The Morgan fingerprint density at radius 1 is 1.06 bits per heavy atom. The number of carbonyl (C=O) groups is 1. The van der Waals surface area contributed by atoms with Gasteiger partial charge in [-0.3, -0.25) is 4.98 Å². The highest BCUT2D eigenvalue weighted by Gasteiger charge is 2.60. The van der Waals surface area contributed by atoms with Crippen molar-refractivity contribution in [3.8, 4) is 11.1 Å². The molecule has 0 spiro atoms. The summed E-state index contributed by atoms with van der Waals surface area (Å²) in [5, 5.41) is 0. The van der Waals surface area contributed by atoms with Crippen molar-refractivity contribution in [1.82, 2.24) is 9.88 Å². The molecular weight excluding hydrogens is 457 g/mol. The van der Waals surface area contributed by atoms with Gasteiger partial charge in [-0.2, -0.15) is 26.3 Å². The number of aryl methyl sites for hydroxylation is 1. The third-order valence-corrected chi connectivity index (χ3v) is 5.48. The van der Waals surface area contributed by atoms with Gasteiger partial charge in [0.05, 0.1) is 0 Å². The number of halogens is 7. The van der Waals surface area contributed by atoms with Crippen molar-refractivity contribution in [1.29, 1.82) is 0 Å². The highest BCUT2D eigenvalue weighted by Crippen LogP contribution is 2.36. The maximum Gasteiger partial charge on any atom is 0.434 e. The van der Waals surface area contributed by atoms with Crippen molar-refractivity contribution in [3.63, 3.8) is 0 Å². The Bertz CT molecular complexity index is 969. The zero-order chi connectivity index (χ0) is 24.4. The lowest BCUT2D eigenvalue weighted by Gasteiger charge is -2.33. The van der Waals surface area contributed by atoms with Crippen molar-refractivity contribution >= 4 is 6.09 Å². The summed E-state index contributed by atoms with van der Waals surface area (Å²) in [5.41, 5.74) is 2.73. The molecule has 1 saturated heterocycles. The van der Waals surface area contributed by atoms with Crippen molar-refractivity contribution in [2.24, 2.45) is 5.92 Å². The van der Waals surface area contributed by atoms with Crippen LogP contribution in [-0.4, -0.2) is 47.5 Å². The van der Waals surface area contributed by atoms with Crippen LogP contribution in [0.3, 0.4) is 0 Å². The highest BCUT2D eigenvalue weighted by atomic mass is 19.4. The molecule has 0 bridgehead atoms. The molecule has 0 atom stereocenters. The van der Waals surface area contributed by atoms with Crippen LogP contribution in [0.1, 0.15) is 24.1 Å². The molecule has 0 saturated carbocycles. The van der Waals surface area contributed by atoms with Crippen molar-refractivity contribution in [2.45, 2.75) is 44.6 Å². The van der Waals surface area contributed by atoms with Gasteiger partial charge in [0.25, 0.3) is 6.10 Å². The molecule has 0 N–H and O–H groups in total. The number of hydrogen-bond donors (Lipinski definition) is 0. The zero-order valence-corrected chi connectivity index (χ0v) is 17.5. The van der Waals surface area contributed by atoms with Crippen LogP contribution < -0.4 is 0 Å². The van der Waals surface area contributed by atoms with Crippen LogP contribution in [0.5, 0.6) is 0 Å². The SMILES string of the molecule is Cc1cc(-c2ccc(CC3CCN(C(=O)OC(C(F)(F)F)C(F)(F)F)CC3)c(F)c2)ccn1. The fourth-order valence-electron chi connectivity index (χ4n) is 3.74. The molecule has 1 aromatic heterocycles. The quantitative estimate of drug-likeness (QED) is 0.501. The standard InChI is InChI=1S/C22H21F7N2O2/c1-13-10-16(4-7-30-13)15-2-3-17(18(23)12-15)11-14-5-8-31(9-6-14)20(32)33-19(21(24,25)26)22(27,28)29/h2-4,7,10,12,14,19H,5-6,8-9,11H2,1H3. The number of likely N-dealkylation sites (tertiary alicyclic amines) is 1. The monoisotopic (exact) mass is 478 g/mol. The molecule has 1 fully saturated rings. The third-order valence-electron chi connectivity index (χ3n) is 5.48. The lowest BCUT2D eigenvalue weighted by Crippen LogP contribution is -2.49. The van der Waals surface area contributed by atoms with Crippen LogP contribution in [0.15, 0.2) is 36.5 Å². The van der Waals surface area contributed by atoms with Gasteiger partial charge in [-0.15, -0.1) is 0 Å². The van der Waals surface area contributed by atoms with Crippen molar-refractivity contribution in [3.05, 3.63) is 53.6 Å². The van der Waals surface area contributed by atoms with Gasteiger partial charge in [0, 0.05) is 25.0 Å². The van der Waals surface area contributed by atoms with E-state index in [1.54, 1.807) is 24.4 Å². The summed E-state index contributed by atoms with van der Waals surface area (Å²) >= 11 is 0. The van der Waals surface area contributed by atoms with E-state index >= 15 is 0 Å². The minimum atomic E-state index is -5.76. The molecule has 0 aliphatic carbocycles. The second-order valence-corrected chi connectivity index (χ2v) is 7.97. The summed E-state index contributed by atoms with van der Waals surface area (Å²) < 4.78 is 93.9. The van der Waals surface area contributed by atoms with Gasteiger partial charge in [-0.05, 0) is 67.0 Å². The Labute approximate surface area is 185 Å². The molecule has 1 aromatic carbocycles. The number of ether oxygens (including phenoxy) is 1. The van der Waals surface area contributed by atoms with Crippen LogP contribution in [0.2, 0.25) is 0 Å². The Morgan fingerprint density at radius 3 is 2.21 bits per heavy atom. The molecule has 1 amide bonds. The minimum absolute atomic E-state index is 0.0814. The van der Waals surface area contributed by atoms with Crippen LogP contribution in [0.25, 0.3) is 11.1 Å². The molecule has 4 nitrogen and oxygen atoms in total. The van der Waals surface area contributed by atoms with E-state index in [9.17, 15) is 35.5 Å². The predicted molar refractivity (Wildman–Crippen MR) is 105 cm³/mol. The van der Waals surface area contributed by atoms with Crippen molar-refractivity contribution < 1.29 is 40.3 Å². The molecule has 33 heavy (non-hydrogen) atoms. The van der Waals surface area contributed by atoms with E-state index < -0.39 is 30.4 Å². The number of hydrogen-bond acceptors (Lipinski definition) is 3. The Hall–Kier alpha value is -2.85. The van der Waals surface area contributed by atoms with Crippen LogP contribution in [-0.2, 0) is 11.2 Å². The normalized spacial score (nSPS) is 15.7. The first kappa shape index (κ1) is 24.8. The molecule has 2 aromatic rings. The van der Waals surface area contributed by atoms with E-state index in [4.69, 9.17) is 0 Å². The number of rotatable bonds is 4. The summed E-state index contributed by atoms with van der Waals surface area (Å²) in [5.74, 6) is -0.499. The van der Waals surface area contributed by atoms with E-state index in [0.717, 1.165) is 16.2 Å². The summed E-state index contributed by atoms with van der Waals surface area (Å²) in [6, 6.07) is 8.42. The molecular formula is C22H21F7N2O2. The molecule has 11 heteroatoms. The molecule has 180 valence electrons. The van der Waals surface area contributed by atoms with Crippen LogP contribution in [0, 0.1) is 18.7 Å². The zero-order valence-electron chi connectivity index (χ0n) is 17.5. The lowest BCUT2D eigenvalue weighted by molar-refractivity contribution is -0.308. The number of carbonyl (C=O) groups excluding carboxylic acids is 1. The largest absolute Gasteiger partial charge is 0.434 e. The molecule has 1 aliphatic rings. The number of piperidine rings is 1. The topological polar surface area (TPSA) is 42.4 Å². The van der Waals surface area contributed by atoms with Crippen molar-refractivity contribution in [2.75, 3.05) is 13.1 Å². The van der Waals surface area contributed by atoms with Crippen LogP contribution in [0.4, 0.5) is 35.5 Å². The van der Waals surface area contributed by atoms with E-state index in [2.05, 4.69) is 9.72 Å². The van der Waals surface area contributed by atoms with Gasteiger partial charge in [0.1, 0.15) is 5.82 Å². The summed E-state index contributed by atoms with van der Waals surface area (Å²) in [7, 11) is 0. The first-order valence-corrected chi connectivity index (χ1v) is 10.1. The third kappa shape index (κ3) is 6.35. The van der Waals surface area contributed by atoms with Gasteiger partial charge in [-0.1, -0.05) is 12.1 Å². The number of nitrogens with zero attached hydrogens (tertiary/aromatic N) is 2. The van der Waals surface area contributed by atoms with E-state index in [1.807, 2.05) is 13.0 Å². The lowest BCUT2D eigenvalue weighted by atomic mass is 9.89. The van der Waals surface area contributed by atoms with Gasteiger partial charge < -0.3 is 9.64 Å². The van der Waals surface area contributed by atoms with Gasteiger partial charge in [0.2, 0.25) is 0 Å². The average Bonchev–Trinajstić information content (AvgIpc) is 2.72. The van der Waals surface area contributed by atoms with Gasteiger partial charge >= 0.3 is 18.4 Å². The van der Waals surface area contributed by atoms with Gasteiger partial charge in [-0.25, -0.2) is 9.18 Å². The molecule has 2 heterocycles. The first-order valence-electron chi connectivity index (χ1n) is 10.1. The fraction of sp³-hybridized carbons (Fsp3) is 0.455. The Morgan fingerprint density at radius 2 is 1.67 bits per heavy atom. The Kier molecular flexibility index (Phi) is 7.18. The maximum absolute atomic E-state index is 14.6. The first-order chi connectivity index (χ1) is 15.3. The number of alkyl halides is 6. The molecule has 0 radical (unpaired) electrons. The summed E-state index contributed by atoms with van der Waals surface area (Å²) in [6.07, 6.45) is -14.8. The molecule has 3 rings (SSSR count). The molecule has 1 aliphatic heterocycles. The smallest absolute Gasteiger partial charge is 0.426 e. The highest BCUT2D eigenvalue weighted by molar-refractivity contribution is 5.68. The van der Waals surface area contributed by atoms with Crippen LogP contribution >= 0.6 is 0 Å².